The lowest BCUT2D eigenvalue weighted by Gasteiger charge is -2.18. The number of carbonyl (C=O) groups is 1. The molecule has 0 fully saturated rings. The summed E-state index contributed by atoms with van der Waals surface area (Å²) in [6.07, 6.45) is 0.456. The van der Waals surface area contributed by atoms with E-state index in [4.69, 9.17) is 14.9 Å². The predicted octanol–water partition coefficient (Wildman–Crippen LogP) is 0.982. The zero-order valence-electron chi connectivity index (χ0n) is 11.0. The van der Waals surface area contributed by atoms with Gasteiger partial charge >= 0.3 is 5.97 Å². The second-order valence-corrected chi connectivity index (χ2v) is 4.82. The van der Waals surface area contributed by atoms with Crippen LogP contribution in [0.3, 0.4) is 0 Å². The molecule has 0 aromatic heterocycles. The van der Waals surface area contributed by atoms with E-state index in [0.29, 0.717) is 6.42 Å². The molecule has 0 radical (unpaired) electrons. The van der Waals surface area contributed by atoms with Crippen molar-refractivity contribution in [1.29, 1.82) is 0 Å². The second-order valence-electron chi connectivity index (χ2n) is 4.22. The zero-order valence-corrected chi connectivity index (χ0v) is 11.9. The van der Waals surface area contributed by atoms with Crippen LogP contribution in [0.25, 0.3) is 0 Å². The number of esters is 1. The number of aliphatic hydroxyl groups is 2. The van der Waals surface area contributed by atoms with Crippen LogP contribution in [0.4, 0.5) is 0 Å². The Labute approximate surface area is 109 Å². The normalized spacial score (nSPS) is 12.4. The van der Waals surface area contributed by atoms with E-state index in [1.807, 2.05) is 20.8 Å². The van der Waals surface area contributed by atoms with E-state index >= 15 is 0 Å². The molecule has 0 amide bonds. The fourth-order valence-electron chi connectivity index (χ4n) is 0.667. The smallest absolute Gasteiger partial charge is 0.306 e. The summed E-state index contributed by atoms with van der Waals surface area (Å²) in [5.41, 5.74) is -1.06. The van der Waals surface area contributed by atoms with E-state index in [-0.39, 0.29) is 31.4 Å². The lowest BCUT2D eigenvalue weighted by Crippen LogP contribution is -2.23. The number of carbonyl (C=O) groups excluding carboxylic acids is 1. The van der Waals surface area contributed by atoms with Gasteiger partial charge in [-0.15, -0.1) is 12.6 Å². The van der Waals surface area contributed by atoms with Crippen LogP contribution in [-0.2, 0) is 14.3 Å². The van der Waals surface area contributed by atoms with Crippen molar-refractivity contribution < 1.29 is 24.5 Å². The average molecular weight is 268 g/mol. The van der Waals surface area contributed by atoms with Gasteiger partial charge in [0.25, 0.3) is 0 Å². The number of rotatable bonds is 5. The molecule has 0 heterocycles. The first-order valence-corrected chi connectivity index (χ1v) is 6.01. The number of ether oxygens (including phenoxy) is 2. The number of hydrogen-bond acceptors (Lipinski definition) is 6. The van der Waals surface area contributed by atoms with Gasteiger partial charge in [0, 0.05) is 6.42 Å². The van der Waals surface area contributed by atoms with Gasteiger partial charge in [-0.25, -0.2) is 0 Å². The highest BCUT2D eigenvalue weighted by Crippen LogP contribution is 2.07. The maximum Gasteiger partial charge on any atom is 0.306 e. The second kappa shape index (κ2) is 10.8. The molecule has 0 aromatic rings. The van der Waals surface area contributed by atoms with Gasteiger partial charge < -0.3 is 19.7 Å². The van der Waals surface area contributed by atoms with E-state index in [1.165, 1.54) is 0 Å². The molecule has 0 aliphatic heterocycles. The Kier molecular flexibility index (Phi) is 12.1. The van der Waals surface area contributed by atoms with Gasteiger partial charge in [-0.3, -0.25) is 4.79 Å². The van der Waals surface area contributed by atoms with E-state index in [9.17, 15) is 4.79 Å². The van der Waals surface area contributed by atoms with Crippen LogP contribution in [0.15, 0.2) is 0 Å². The molecule has 104 valence electrons. The minimum absolute atomic E-state index is 0.0134. The Morgan fingerprint density at radius 3 is 2.18 bits per heavy atom. The van der Waals surface area contributed by atoms with Crippen molar-refractivity contribution in [1.82, 2.24) is 0 Å². The van der Waals surface area contributed by atoms with Crippen molar-refractivity contribution >= 4 is 18.6 Å². The SMILES string of the molecule is CCC(=O)OC(C)(C)C.OCCOCC(O)S. The zero-order chi connectivity index (χ0) is 13.9. The van der Waals surface area contributed by atoms with Crippen molar-refractivity contribution in [3.05, 3.63) is 0 Å². The highest BCUT2D eigenvalue weighted by Gasteiger charge is 2.13. The van der Waals surface area contributed by atoms with Crippen molar-refractivity contribution in [3.63, 3.8) is 0 Å². The lowest BCUT2D eigenvalue weighted by atomic mass is 10.2. The maximum atomic E-state index is 10.6. The van der Waals surface area contributed by atoms with Crippen LogP contribution in [0.5, 0.6) is 0 Å². The molecule has 5 nitrogen and oxygen atoms in total. The third kappa shape index (κ3) is 21.5. The molecule has 1 atom stereocenters. The van der Waals surface area contributed by atoms with Crippen LogP contribution in [0.2, 0.25) is 0 Å². The molecule has 0 saturated carbocycles. The topological polar surface area (TPSA) is 76.0 Å². The van der Waals surface area contributed by atoms with Crippen molar-refractivity contribution in [2.24, 2.45) is 0 Å². The van der Waals surface area contributed by atoms with Crippen LogP contribution in [0, 0.1) is 0 Å². The van der Waals surface area contributed by atoms with E-state index < -0.39 is 5.44 Å². The molecule has 0 saturated heterocycles. The van der Waals surface area contributed by atoms with Crippen LogP contribution in [0.1, 0.15) is 34.1 Å². The van der Waals surface area contributed by atoms with E-state index in [1.54, 1.807) is 6.92 Å². The first kappa shape index (κ1) is 19.0. The first-order valence-electron chi connectivity index (χ1n) is 5.49. The van der Waals surface area contributed by atoms with Crippen LogP contribution >= 0.6 is 12.6 Å². The van der Waals surface area contributed by atoms with Crippen molar-refractivity contribution in [3.8, 4) is 0 Å². The maximum absolute atomic E-state index is 10.6. The molecule has 2 N–H and O–H groups in total. The molecule has 17 heavy (non-hydrogen) atoms. The summed E-state index contributed by atoms with van der Waals surface area (Å²) >= 11 is 3.62. The average Bonchev–Trinajstić information content (AvgIpc) is 2.16. The standard InChI is InChI=1S/C7H14O2.C4H10O3S/c1-5-6(8)9-7(2,3)4;5-1-2-7-3-4(6)8/h5H2,1-4H3;4-6,8H,1-3H2. The Morgan fingerprint density at radius 1 is 1.41 bits per heavy atom. The summed E-state index contributed by atoms with van der Waals surface area (Å²) in [7, 11) is 0. The van der Waals surface area contributed by atoms with Gasteiger partial charge in [0.15, 0.2) is 0 Å². The molecule has 1 unspecified atom stereocenters. The van der Waals surface area contributed by atoms with E-state index in [2.05, 4.69) is 17.4 Å². The van der Waals surface area contributed by atoms with Gasteiger partial charge in [0.2, 0.25) is 0 Å². The summed E-state index contributed by atoms with van der Waals surface area (Å²) in [4.78, 5) is 10.6. The minimum Gasteiger partial charge on any atom is -0.460 e. The fraction of sp³-hybridized carbons (Fsp3) is 0.909. The molecule has 0 bridgehead atoms. The van der Waals surface area contributed by atoms with Crippen molar-refractivity contribution in [2.45, 2.75) is 45.2 Å². The highest BCUT2D eigenvalue weighted by molar-refractivity contribution is 7.80. The third-order valence-corrected chi connectivity index (χ3v) is 1.36. The number of aliphatic hydroxyl groups excluding tert-OH is 2. The quantitative estimate of drug-likeness (QED) is 0.300. The molecule has 0 aliphatic carbocycles. The minimum atomic E-state index is -0.735. The third-order valence-electron chi connectivity index (χ3n) is 1.21. The van der Waals surface area contributed by atoms with Gasteiger partial charge in [0.1, 0.15) is 11.0 Å². The van der Waals surface area contributed by atoms with E-state index in [0.717, 1.165) is 0 Å². The van der Waals surface area contributed by atoms with Gasteiger partial charge in [-0.2, -0.15) is 0 Å². The Hall–Kier alpha value is -0.300. The summed E-state index contributed by atoms with van der Waals surface area (Å²) in [6.45, 7) is 7.79. The molecule has 0 rings (SSSR count). The highest BCUT2D eigenvalue weighted by atomic mass is 32.1. The molecule has 0 spiro atoms. The lowest BCUT2D eigenvalue weighted by molar-refractivity contribution is -0.154. The largest absolute Gasteiger partial charge is 0.460 e. The molecule has 0 aromatic carbocycles. The van der Waals surface area contributed by atoms with Gasteiger partial charge in [0.05, 0.1) is 19.8 Å². The van der Waals surface area contributed by atoms with Gasteiger partial charge in [-0.05, 0) is 20.8 Å². The molecular formula is C11H24O5S. The monoisotopic (exact) mass is 268 g/mol. The first-order chi connectivity index (χ1) is 7.72. The summed E-state index contributed by atoms with van der Waals surface area (Å²) in [5, 5.41) is 16.6. The Bertz CT molecular complexity index is 189. The predicted molar refractivity (Wildman–Crippen MR) is 69.0 cm³/mol. The Balaban J connectivity index is 0. The summed E-state index contributed by atoms with van der Waals surface area (Å²) in [5.74, 6) is -0.137. The van der Waals surface area contributed by atoms with Gasteiger partial charge in [-0.1, -0.05) is 6.92 Å². The molecular weight excluding hydrogens is 244 g/mol. The van der Waals surface area contributed by atoms with Crippen LogP contribution < -0.4 is 0 Å². The Morgan fingerprint density at radius 2 is 1.94 bits per heavy atom. The summed E-state index contributed by atoms with van der Waals surface area (Å²) in [6, 6.07) is 0. The van der Waals surface area contributed by atoms with Crippen LogP contribution in [-0.4, -0.2) is 47.0 Å². The number of hydrogen-bond donors (Lipinski definition) is 3. The van der Waals surface area contributed by atoms with Crippen molar-refractivity contribution in [2.75, 3.05) is 19.8 Å². The molecule has 0 aliphatic rings. The number of thiol groups is 1. The molecule has 6 heteroatoms. The fourth-order valence-corrected chi connectivity index (χ4v) is 0.772. The summed E-state index contributed by atoms with van der Waals surface area (Å²) < 4.78 is 9.62.